The van der Waals surface area contributed by atoms with Gasteiger partial charge in [-0.2, -0.15) is 0 Å². The summed E-state index contributed by atoms with van der Waals surface area (Å²) in [5, 5.41) is 0. The number of imidazole rings is 1. The van der Waals surface area contributed by atoms with Crippen molar-refractivity contribution in [2.45, 2.75) is 25.4 Å². The van der Waals surface area contributed by atoms with Crippen molar-refractivity contribution < 1.29 is 9.63 Å². The molecule has 1 fully saturated rings. The Bertz CT molecular complexity index is 280. The predicted octanol–water partition coefficient (Wildman–Crippen LogP) is 0.624. The molecule has 1 heterocycles. The molecule has 0 saturated heterocycles. The Labute approximate surface area is 75.5 Å². The van der Waals surface area contributed by atoms with E-state index in [-0.39, 0.29) is 12.0 Å². The summed E-state index contributed by atoms with van der Waals surface area (Å²) in [6.45, 7) is 0. The fourth-order valence-corrected chi connectivity index (χ4v) is 1.06. The van der Waals surface area contributed by atoms with Crippen LogP contribution in [0.4, 0.5) is 0 Å². The number of H-pyrrole nitrogens is 1. The van der Waals surface area contributed by atoms with Crippen molar-refractivity contribution in [1.29, 1.82) is 0 Å². The monoisotopic (exact) mass is 181 g/mol. The molecule has 5 nitrogen and oxygen atoms in total. The van der Waals surface area contributed by atoms with Gasteiger partial charge in [-0.25, -0.2) is 10.5 Å². The fourth-order valence-electron chi connectivity index (χ4n) is 1.06. The van der Waals surface area contributed by atoms with Crippen LogP contribution in [0.25, 0.3) is 0 Å². The van der Waals surface area contributed by atoms with Gasteiger partial charge in [0, 0.05) is 0 Å². The number of hydroxylamine groups is 1. The third-order valence-corrected chi connectivity index (χ3v) is 2.11. The first kappa shape index (κ1) is 8.25. The zero-order valence-corrected chi connectivity index (χ0v) is 7.12. The highest BCUT2D eigenvalue weighted by Gasteiger charge is 2.19. The summed E-state index contributed by atoms with van der Waals surface area (Å²) in [5.41, 5.74) is 2.79. The number of aromatic nitrogens is 2. The average Bonchev–Trinajstić information content (AvgIpc) is 2.52. The number of hydrogen-bond acceptors (Lipinski definition) is 3. The van der Waals surface area contributed by atoms with Gasteiger partial charge in [-0.3, -0.25) is 9.63 Å². The van der Waals surface area contributed by atoms with E-state index < -0.39 is 0 Å². The van der Waals surface area contributed by atoms with E-state index in [1.54, 1.807) is 0 Å². The second-order valence-electron chi connectivity index (χ2n) is 3.07. The maximum atomic E-state index is 11.2. The van der Waals surface area contributed by atoms with Crippen LogP contribution >= 0.6 is 0 Å². The number of aromatic amines is 1. The van der Waals surface area contributed by atoms with Crippen LogP contribution in [0.2, 0.25) is 0 Å². The van der Waals surface area contributed by atoms with Crippen molar-refractivity contribution in [2.75, 3.05) is 0 Å². The molecule has 0 unspecified atom stereocenters. The van der Waals surface area contributed by atoms with Crippen LogP contribution in [0.3, 0.4) is 0 Å². The summed E-state index contributed by atoms with van der Waals surface area (Å²) >= 11 is 0. The number of hydrogen-bond donors (Lipinski definition) is 2. The largest absolute Gasteiger partial charge is 0.341 e. The van der Waals surface area contributed by atoms with Crippen LogP contribution in [-0.4, -0.2) is 22.0 Å². The minimum atomic E-state index is -0.274. The number of rotatable bonds is 3. The van der Waals surface area contributed by atoms with Gasteiger partial charge in [0.1, 0.15) is 5.69 Å². The number of nitrogens with zero attached hydrogens (tertiary/aromatic N) is 1. The minimum absolute atomic E-state index is 0.201. The summed E-state index contributed by atoms with van der Waals surface area (Å²) in [4.78, 5) is 22.8. The van der Waals surface area contributed by atoms with Gasteiger partial charge in [-0.15, -0.1) is 0 Å². The van der Waals surface area contributed by atoms with Crippen LogP contribution in [0.1, 0.15) is 29.8 Å². The molecule has 5 heteroatoms. The Balaban J connectivity index is 1.78. The molecule has 1 aromatic rings. The van der Waals surface area contributed by atoms with E-state index in [1.165, 1.54) is 18.9 Å². The standard InChI is InChI=1S/C8H11N3O2/c12-8(7-4-9-5-10-7)11-13-6-2-1-3-6/h4-6H,1-3H2,(H,9,10)(H,11,12). The molecule has 0 aliphatic heterocycles. The molecule has 0 atom stereocenters. The second kappa shape index (κ2) is 3.57. The zero-order valence-electron chi connectivity index (χ0n) is 7.12. The number of carbonyl (C=O) groups is 1. The first-order chi connectivity index (χ1) is 6.36. The van der Waals surface area contributed by atoms with Gasteiger partial charge in [0.2, 0.25) is 0 Å². The lowest BCUT2D eigenvalue weighted by Crippen LogP contribution is -2.33. The van der Waals surface area contributed by atoms with Crippen LogP contribution in [0, 0.1) is 0 Å². The molecule has 1 aliphatic carbocycles. The number of carbonyl (C=O) groups excluding carboxylic acids is 1. The Morgan fingerprint density at radius 2 is 2.54 bits per heavy atom. The molecule has 0 spiro atoms. The summed E-state index contributed by atoms with van der Waals surface area (Å²) in [6, 6.07) is 0. The van der Waals surface area contributed by atoms with Crippen molar-refractivity contribution in [3.8, 4) is 0 Å². The van der Waals surface area contributed by atoms with Crippen LogP contribution in [0.5, 0.6) is 0 Å². The molecular formula is C8H11N3O2. The van der Waals surface area contributed by atoms with Gasteiger partial charge < -0.3 is 4.98 Å². The van der Waals surface area contributed by atoms with Crippen molar-refractivity contribution >= 4 is 5.91 Å². The SMILES string of the molecule is O=C(NOC1CCC1)c1cnc[nH]1. The molecule has 0 aromatic carbocycles. The van der Waals surface area contributed by atoms with E-state index in [4.69, 9.17) is 4.84 Å². The third-order valence-electron chi connectivity index (χ3n) is 2.11. The van der Waals surface area contributed by atoms with Gasteiger partial charge in [-0.1, -0.05) is 0 Å². The Kier molecular flexibility index (Phi) is 2.27. The Morgan fingerprint density at radius 3 is 3.08 bits per heavy atom. The predicted molar refractivity (Wildman–Crippen MR) is 44.8 cm³/mol. The van der Waals surface area contributed by atoms with Gasteiger partial charge in [0.25, 0.3) is 5.91 Å². The smallest absolute Gasteiger partial charge is 0.292 e. The maximum absolute atomic E-state index is 11.2. The highest BCUT2D eigenvalue weighted by atomic mass is 16.7. The second-order valence-corrected chi connectivity index (χ2v) is 3.07. The summed E-state index contributed by atoms with van der Waals surface area (Å²) < 4.78 is 0. The molecule has 1 saturated carbocycles. The maximum Gasteiger partial charge on any atom is 0.292 e. The Hall–Kier alpha value is -1.36. The van der Waals surface area contributed by atoms with Gasteiger partial charge >= 0.3 is 0 Å². The van der Waals surface area contributed by atoms with Gasteiger partial charge in [-0.05, 0) is 19.3 Å². The Morgan fingerprint density at radius 1 is 1.69 bits per heavy atom. The molecule has 2 rings (SSSR count). The van der Waals surface area contributed by atoms with Gasteiger partial charge in [0.05, 0.1) is 18.6 Å². The zero-order chi connectivity index (χ0) is 9.10. The molecule has 1 amide bonds. The highest BCUT2D eigenvalue weighted by Crippen LogP contribution is 2.20. The topological polar surface area (TPSA) is 67.0 Å². The molecule has 2 N–H and O–H groups in total. The molecule has 70 valence electrons. The molecule has 13 heavy (non-hydrogen) atoms. The van der Waals surface area contributed by atoms with E-state index in [9.17, 15) is 4.79 Å². The lowest BCUT2D eigenvalue weighted by atomic mass is 9.97. The van der Waals surface area contributed by atoms with Crippen molar-refractivity contribution in [1.82, 2.24) is 15.4 Å². The van der Waals surface area contributed by atoms with E-state index >= 15 is 0 Å². The molecule has 1 aliphatic rings. The first-order valence-electron chi connectivity index (χ1n) is 4.30. The summed E-state index contributed by atoms with van der Waals surface area (Å²) in [7, 11) is 0. The normalized spacial score (nSPS) is 16.6. The summed E-state index contributed by atoms with van der Waals surface area (Å²) in [5.74, 6) is -0.274. The fraction of sp³-hybridized carbons (Fsp3) is 0.500. The van der Waals surface area contributed by atoms with Gasteiger partial charge in [0.15, 0.2) is 0 Å². The molecular weight excluding hydrogens is 170 g/mol. The van der Waals surface area contributed by atoms with Crippen LogP contribution < -0.4 is 5.48 Å². The van der Waals surface area contributed by atoms with E-state index in [2.05, 4.69) is 15.4 Å². The quantitative estimate of drug-likeness (QED) is 0.672. The van der Waals surface area contributed by atoms with Crippen LogP contribution in [-0.2, 0) is 4.84 Å². The molecule has 0 radical (unpaired) electrons. The molecule has 0 bridgehead atoms. The number of nitrogens with one attached hydrogen (secondary N) is 2. The van der Waals surface area contributed by atoms with Crippen molar-refractivity contribution in [3.63, 3.8) is 0 Å². The van der Waals surface area contributed by atoms with Crippen molar-refractivity contribution in [3.05, 3.63) is 18.2 Å². The lowest BCUT2D eigenvalue weighted by Gasteiger charge is -2.24. The van der Waals surface area contributed by atoms with E-state index in [0.29, 0.717) is 5.69 Å². The lowest BCUT2D eigenvalue weighted by molar-refractivity contribution is -0.0509. The summed E-state index contributed by atoms with van der Waals surface area (Å²) in [6.07, 6.45) is 6.36. The molecule has 1 aromatic heterocycles. The van der Waals surface area contributed by atoms with Crippen molar-refractivity contribution in [2.24, 2.45) is 0 Å². The van der Waals surface area contributed by atoms with Crippen LogP contribution in [0.15, 0.2) is 12.5 Å². The number of amides is 1. The average molecular weight is 181 g/mol. The first-order valence-corrected chi connectivity index (χ1v) is 4.30. The van der Waals surface area contributed by atoms with E-state index in [0.717, 1.165) is 12.8 Å². The van der Waals surface area contributed by atoms with E-state index in [1.807, 2.05) is 0 Å². The third kappa shape index (κ3) is 1.86. The minimum Gasteiger partial charge on any atom is -0.341 e. The highest BCUT2D eigenvalue weighted by molar-refractivity contribution is 5.91.